The molecule has 0 spiro atoms. The molecule has 1 aromatic heterocycles. The Morgan fingerprint density at radius 3 is 2.42 bits per heavy atom. The quantitative estimate of drug-likeness (QED) is 0.570. The third kappa shape index (κ3) is 3.83. The van der Waals surface area contributed by atoms with Gasteiger partial charge in [0.1, 0.15) is 7.05 Å². The number of halogens is 1. The maximum atomic E-state index is 8.58. The van der Waals surface area contributed by atoms with E-state index < -0.39 is 0 Å². The van der Waals surface area contributed by atoms with Crippen molar-refractivity contribution in [3.8, 4) is 0 Å². The summed E-state index contributed by atoms with van der Waals surface area (Å²) in [6.07, 6.45) is 5.87. The zero-order valence-electron chi connectivity index (χ0n) is 7.20. The average Bonchev–Trinajstić information content (AvgIpc) is 2.04. The Hall–Kier alpha value is -0.410. The third-order valence-corrected chi connectivity index (χ3v) is 1.67. The number of aromatic nitrogens is 1. The van der Waals surface area contributed by atoms with Crippen LogP contribution in [0.4, 0.5) is 0 Å². The van der Waals surface area contributed by atoms with Crippen molar-refractivity contribution < 1.29 is 26.7 Å². The summed E-state index contributed by atoms with van der Waals surface area (Å²) in [4.78, 5) is 0. The summed E-state index contributed by atoms with van der Waals surface area (Å²) >= 11 is 0. The molecule has 0 radical (unpaired) electrons. The van der Waals surface area contributed by atoms with Gasteiger partial charge in [-0.25, -0.2) is 4.57 Å². The van der Waals surface area contributed by atoms with Crippen molar-refractivity contribution in [3.05, 3.63) is 30.1 Å². The van der Waals surface area contributed by atoms with E-state index in [1.165, 1.54) is 5.56 Å². The predicted octanol–water partition coefficient (Wildman–Crippen LogP) is -2.56. The van der Waals surface area contributed by atoms with Gasteiger partial charge in [0.2, 0.25) is 0 Å². The van der Waals surface area contributed by atoms with Crippen LogP contribution < -0.4 is 21.5 Å². The standard InChI is InChI=1S/C9H14NO.BrH/c1-10-6-4-9(5-7-10)3-2-8-11;/h4-7,11H,2-3,8H2,1H3;1H/q+1;/p-1. The van der Waals surface area contributed by atoms with Crippen LogP contribution in [0.5, 0.6) is 0 Å². The minimum atomic E-state index is 0. The van der Waals surface area contributed by atoms with Gasteiger partial charge in [-0.05, 0) is 18.4 Å². The van der Waals surface area contributed by atoms with Gasteiger partial charge in [-0.1, -0.05) is 0 Å². The first-order chi connectivity index (χ1) is 5.33. The van der Waals surface area contributed by atoms with Crippen LogP contribution in [0.1, 0.15) is 12.0 Å². The summed E-state index contributed by atoms with van der Waals surface area (Å²) in [5.74, 6) is 0. The van der Waals surface area contributed by atoms with E-state index in [4.69, 9.17) is 5.11 Å². The van der Waals surface area contributed by atoms with E-state index in [1.807, 2.05) is 24.0 Å². The molecule has 1 N–H and O–H groups in total. The van der Waals surface area contributed by atoms with Crippen LogP contribution in [0.2, 0.25) is 0 Å². The Labute approximate surface area is 83.6 Å². The van der Waals surface area contributed by atoms with Crippen LogP contribution in [0.15, 0.2) is 24.5 Å². The third-order valence-electron chi connectivity index (χ3n) is 1.67. The van der Waals surface area contributed by atoms with E-state index in [0.29, 0.717) is 0 Å². The summed E-state index contributed by atoms with van der Waals surface area (Å²) in [5.41, 5.74) is 1.29. The number of aliphatic hydroxyl groups excluding tert-OH is 1. The molecule has 3 heteroatoms. The number of hydrogen-bond donors (Lipinski definition) is 1. The molecule has 2 nitrogen and oxygen atoms in total. The lowest BCUT2D eigenvalue weighted by Crippen LogP contribution is -3.00. The molecular formula is C9H14BrNO. The van der Waals surface area contributed by atoms with Crippen LogP contribution in [0.3, 0.4) is 0 Å². The first kappa shape index (κ1) is 11.6. The number of hydrogen-bond acceptors (Lipinski definition) is 1. The molecule has 0 aliphatic heterocycles. The molecule has 1 heterocycles. The van der Waals surface area contributed by atoms with E-state index in [9.17, 15) is 0 Å². The SMILES string of the molecule is C[n+]1ccc(CCCO)cc1.[Br-]. The zero-order chi connectivity index (χ0) is 8.10. The van der Waals surface area contributed by atoms with E-state index in [1.54, 1.807) is 0 Å². The Morgan fingerprint density at radius 2 is 1.92 bits per heavy atom. The molecular weight excluding hydrogens is 218 g/mol. The van der Waals surface area contributed by atoms with Crippen molar-refractivity contribution in [1.29, 1.82) is 0 Å². The number of rotatable bonds is 3. The molecule has 0 aliphatic rings. The van der Waals surface area contributed by atoms with Crippen LogP contribution in [0, 0.1) is 0 Å². The van der Waals surface area contributed by atoms with Crippen molar-refractivity contribution in [2.24, 2.45) is 7.05 Å². The van der Waals surface area contributed by atoms with Gasteiger partial charge in [-0.3, -0.25) is 0 Å². The fraction of sp³-hybridized carbons (Fsp3) is 0.444. The summed E-state index contributed by atoms with van der Waals surface area (Å²) in [5, 5.41) is 8.58. The second-order valence-electron chi connectivity index (χ2n) is 2.70. The molecule has 0 saturated carbocycles. The highest BCUT2D eigenvalue weighted by molar-refractivity contribution is 5.06. The highest BCUT2D eigenvalue weighted by Gasteiger charge is 1.94. The Morgan fingerprint density at radius 1 is 1.33 bits per heavy atom. The fourth-order valence-electron chi connectivity index (χ4n) is 0.982. The van der Waals surface area contributed by atoms with Gasteiger partial charge < -0.3 is 22.1 Å². The van der Waals surface area contributed by atoms with Gasteiger partial charge in [0.25, 0.3) is 0 Å². The second-order valence-corrected chi connectivity index (χ2v) is 2.70. The van der Waals surface area contributed by atoms with Gasteiger partial charge in [0, 0.05) is 18.7 Å². The topological polar surface area (TPSA) is 24.1 Å². The molecule has 1 rings (SSSR count). The minimum Gasteiger partial charge on any atom is -1.00 e. The lowest BCUT2D eigenvalue weighted by atomic mass is 10.1. The fourth-order valence-corrected chi connectivity index (χ4v) is 0.982. The van der Waals surface area contributed by atoms with Crippen molar-refractivity contribution in [2.75, 3.05) is 6.61 Å². The number of aliphatic hydroxyl groups is 1. The maximum absolute atomic E-state index is 8.58. The van der Waals surface area contributed by atoms with Gasteiger partial charge in [0.05, 0.1) is 0 Å². The molecule has 12 heavy (non-hydrogen) atoms. The highest BCUT2D eigenvalue weighted by Crippen LogP contribution is 1.98. The molecule has 0 atom stereocenters. The second kappa shape index (κ2) is 6.14. The average molecular weight is 232 g/mol. The van der Waals surface area contributed by atoms with Crippen LogP contribution in [-0.4, -0.2) is 11.7 Å². The molecule has 0 aromatic carbocycles. The summed E-state index contributed by atoms with van der Waals surface area (Å²) in [7, 11) is 2.00. The minimum absolute atomic E-state index is 0. The molecule has 1 aromatic rings. The van der Waals surface area contributed by atoms with Crippen LogP contribution >= 0.6 is 0 Å². The van der Waals surface area contributed by atoms with Gasteiger partial charge in [-0.2, -0.15) is 0 Å². The van der Waals surface area contributed by atoms with E-state index in [-0.39, 0.29) is 23.6 Å². The monoisotopic (exact) mass is 231 g/mol. The molecule has 0 aliphatic carbocycles. The largest absolute Gasteiger partial charge is 1.00 e. The molecule has 0 fully saturated rings. The molecule has 0 bridgehead atoms. The lowest BCUT2D eigenvalue weighted by Gasteiger charge is -1.95. The normalized spacial score (nSPS) is 9.17. The van der Waals surface area contributed by atoms with Crippen LogP contribution in [-0.2, 0) is 13.5 Å². The first-order valence-electron chi connectivity index (χ1n) is 3.88. The van der Waals surface area contributed by atoms with Gasteiger partial charge >= 0.3 is 0 Å². The van der Waals surface area contributed by atoms with Gasteiger partial charge in [-0.15, -0.1) is 0 Å². The predicted molar refractivity (Wildman–Crippen MR) is 43.0 cm³/mol. The highest BCUT2D eigenvalue weighted by atomic mass is 79.9. The smallest absolute Gasteiger partial charge is 0.168 e. The summed E-state index contributed by atoms with van der Waals surface area (Å²) in [6, 6.07) is 4.16. The zero-order valence-corrected chi connectivity index (χ0v) is 8.79. The maximum Gasteiger partial charge on any atom is 0.168 e. The lowest BCUT2D eigenvalue weighted by molar-refractivity contribution is -0.671. The molecule has 0 saturated heterocycles. The molecule has 68 valence electrons. The van der Waals surface area contributed by atoms with E-state index >= 15 is 0 Å². The Kier molecular flexibility index (Phi) is 5.93. The van der Waals surface area contributed by atoms with Crippen molar-refractivity contribution >= 4 is 0 Å². The Bertz CT molecular complexity index is 210. The van der Waals surface area contributed by atoms with E-state index in [0.717, 1.165) is 12.8 Å². The van der Waals surface area contributed by atoms with Crippen molar-refractivity contribution in [2.45, 2.75) is 12.8 Å². The van der Waals surface area contributed by atoms with Gasteiger partial charge in [0.15, 0.2) is 12.4 Å². The summed E-state index contributed by atoms with van der Waals surface area (Å²) in [6.45, 7) is 0.279. The first-order valence-corrected chi connectivity index (χ1v) is 3.88. The molecule has 0 unspecified atom stereocenters. The van der Waals surface area contributed by atoms with E-state index in [2.05, 4.69) is 12.1 Å². The number of pyridine rings is 1. The Balaban J connectivity index is 0.00000121. The van der Waals surface area contributed by atoms with Crippen molar-refractivity contribution in [1.82, 2.24) is 0 Å². The summed E-state index contributed by atoms with van der Waals surface area (Å²) < 4.78 is 2.00. The van der Waals surface area contributed by atoms with Crippen molar-refractivity contribution in [3.63, 3.8) is 0 Å². The number of aryl methyl sites for hydroxylation is 2. The molecule has 0 amide bonds. The number of nitrogens with zero attached hydrogens (tertiary/aromatic N) is 1. The van der Waals surface area contributed by atoms with Crippen LogP contribution in [0.25, 0.3) is 0 Å².